The third kappa shape index (κ3) is 8.36. The van der Waals surface area contributed by atoms with E-state index in [1.807, 2.05) is 13.8 Å². The highest BCUT2D eigenvalue weighted by molar-refractivity contribution is 6.35. The minimum Gasteiger partial charge on any atom is -0.479 e. The molecule has 0 aliphatic rings. The third-order valence-corrected chi connectivity index (χ3v) is 4.91. The fourth-order valence-electron chi connectivity index (χ4n) is 2.77. The third-order valence-electron chi connectivity index (χ3n) is 4.38. The zero-order chi connectivity index (χ0) is 24.5. The molecule has 2 atom stereocenters. The van der Waals surface area contributed by atoms with Crippen LogP contribution in [0.15, 0.2) is 47.6 Å². The molecule has 33 heavy (non-hydrogen) atoms. The highest BCUT2D eigenvalue weighted by atomic mass is 35.5. The van der Waals surface area contributed by atoms with E-state index in [2.05, 4.69) is 15.8 Å². The number of non-ortho nitro benzene ring substituents is 1. The van der Waals surface area contributed by atoms with Crippen molar-refractivity contribution in [2.75, 3.05) is 0 Å². The van der Waals surface area contributed by atoms with Gasteiger partial charge in [0, 0.05) is 22.7 Å². The summed E-state index contributed by atoms with van der Waals surface area (Å²) in [6.07, 6.45) is 0.714. The number of ether oxygens (including phenoxy) is 1. The molecule has 0 radical (unpaired) electrons. The van der Waals surface area contributed by atoms with Crippen molar-refractivity contribution >= 4 is 46.9 Å². The number of hydrazone groups is 1. The van der Waals surface area contributed by atoms with Crippen molar-refractivity contribution < 1.29 is 19.2 Å². The van der Waals surface area contributed by atoms with Crippen LogP contribution in [0.1, 0.15) is 32.8 Å². The monoisotopic (exact) mass is 494 g/mol. The molecular weight excluding hydrogens is 471 g/mol. The van der Waals surface area contributed by atoms with Crippen molar-refractivity contribution in [3.63, 3.8) is 0 Å². The number of nitro benzene ring substituents is 1. The molecule has 2 aromatic rings. The first-order valence-corrected chi connectivity index (χ1v) is 10.8. The fourth-order valence-corrected chi connectivity index (χ4v) is 3.23. The smallest absolute Gasteiger partial charge is 0.270 e. The molecule has 0 aliphatic heterocycles. The number of nitro groups is 1. The molecule has 0 aromatic heterocycles. The minimum atomic E-state index is -0.931. The zero-order valence-corrected chi connectivity index (χ0v) is 19.8. The van der Waals surface area contributed by atoms with Gasteiger partial charge in [-0.2, -0.15) is 5.10 Å². The number of nitrogens with one attached hydrogen (secondary N) is 2. The number of amides is 2. The Balaban J connectivity index is 2.02. The van der Waals surface area contributed by atoms with Gasteiger partial charge >= 0.3 is 0 Å². The molecule has 0 unspecified atom stereocenters. The fraction of sp³-hybridized carbons (Fsp3) is 0.318. The van der Waals surface area contributed by atoms with E-state index in [0.717, 1.165) is 0 Å². The normalized spacial score (nSPS) is 12.9. The first-order valence-electron chi connectivity index (χ1n) is 10.1. The summed E-state index contributed by atoms with van der Waals surface area (Å²) in [7, 11) is 0. The quantitative estimate of drug-likeness (QED) is 0.288. The topological polar surface area (TPSA) is 123 Å². The number of carbonyl (C=O) groups is 2. The maximum Gasteiger partial charge on any atom is 0.270 e. The first kappa shape index (κ1) is 26.1. The summed E-state index contributed by atoms with van der Waals surface area (Å²) in [5.74, 6) is -0.654. The van der Waals surface area contributed by atoms with Gasteiger partial charge in [-0.15, -0.1) is 0 Å². The van der Waals surface area contributed by atoms with Crippen LogP contribution >= 0.6 is 23.2 Å². The lowest BCUT2D eigenvalue weighted by molar-refractivity contribution is -0.384. The van der Waals surface area contributed by atoms with Gasteiger partial charge in [-0.1, -0.05) is 49.2 Å². The predicted molar refractivity (Wildman–Crippen MR) is 127 cm³/mol. The molecule has 0 saturated heterocycles. The van der Waals surface area contributed by atoms with Crippen molar-refractivity contribution in [1.29, 1.82) is 0 Å². The number of rotatable bonds is 10. The summed E-state index contributed by atoms with van der Waals surface area (Å²) < 4.78 is 5.60. The summed E-state index contributed by atoms with van der Waals surface area (Å²) in [6, 6.07) is 9.56. The zero-order valence-electron chi connectivity index (χ0n) is 18.2. The van der Waals surface area contributed by atoms with Crippen LogP contribution in [0, 0.1) is 16.0 Å². The Morgan fingerprint density at radius 2 is 1.88 bits per heavy atom. The molecule has 176 valence electrons. The number of carbonyl (C=O) groups excluding carboxylic acids is 2. The first-order chi connectivity index (χ1) is 15.6. The molecular formula is C22H24Cl2N4O5. The Kier molecular flexibility index (Phi) is 9.62. The summed E-state index contributed by atoms with van der Waals surface area (Å²) in [4.78, 5) is 35.6. The molecule has 11 heteroatoms. The highest BCUT2D eigenvalue weighted by Crippen LogP contribution is 2.28. The maximum absolute atomic E-state index is 12.6. The van der Waals surface area contributed by atoms with Crippen LogP contribution in [0.3, 0.4) is 0 Å². The highest BCUT2D eigenvalue weighted by Gasteiger charge is 2.25. The van der Waals surface area contributed by atoms with Crippen molar-refractivity contribution in [2.24, 2.45) is 11.0 Å². The second kappa shape index (κ2) is 12.2. The molecule has 0 heterocycles. The SMILES string of the molecule is CC(C)C[C@H](NC(=O)[C@H](C)Oc1ccc(Cl)cc1Cl)C(=O)N/N=C\c1cccc([N+](=O)[O-])c1. The van der Waals surface area contributed by atoms with E-state index in [-0.39, 0.29) is 22.4 Å². The van der Waals surface area contributed by atoms with Gasteiger partial charge < -0.3 is 10.1 Å². The number of hydrogen-bond acceptors (Lipinski definition) is 6. The Bertz CT molecular complexity index is 1050. The van der Waals surface area contributed by atoms with Crippen molar-refractivity contribution in [1.82, 2.24) is 10.7 Å². The van der Waals surface area contributed by atoms with Gasteiger partial charge in [0.2, 0.25) is 0 Å². The van der Waals surface area contributed by atoms with Crippen LogP contribution in [0.4, 0.5) is 5.69 Å². The van der Waals surface area contributed by atoms with Gasteiger partial charge in [0.05, 0.1) is 16.2 Å². The van der Waals surface area contributed by atoms with E-state index in [1.165, 1.54) is 37.4 Å². The second-order valence-electron chi connectivity index (χ2n) is 7.61. The van der Waals surface area contributed by atoms with Gasteiger partial charge in [0.15, 0.2) is 6.10 Å². The van der Waals surface area contributed by atoms with E-state index in [9.17, 15) is 19.7 Å². The summed E-state index contributed by atoms with van der Waals surface area (Å²) in [5, 5.41) is 18.1. The van der Waals surface area contributed by atoms with Crippen LogP contribution in [-0.2, 0) is 9.59 Å². The minimum absolute atomic E-state index is 0.0926. The van der Waals surface area contributed by atoms with Gasteiger partial charge in [0.25, 0.3) is 17.5 Å². The van der Waals surface area contributed by atoms with Crippen LogP contribution in [0.5, 0.6) is 5.75 Å². The number of hydrogen-bond donors (Lipinski definition) is 2. The molecule has 0 fully saturated rings. The van der Waals surface area contributed by atoms with Gasteiger partial charge in [-0.25, -0.2) is 5.43 Å². The van der Waals surface area contributed by atoms with Crippen LogP contribution in [-0.4, -0.2) is 35.1 Å². The number of nitrogens with zero attached hydrogens (tertiary/aromatic N) is 2. The maximum atomic E-state index is 12.6. The average molecular weight is 495 g/mol. The summed E-state index contributed by atoms with van der Waals surface area (Å²) >= 11 is 11.9. The molecule has 9 nitrogen and oxygen atoms in total. The lowest BCUT2D eigenvalue weighted by Crippen LogP contribution is -2.49. The summed E-state index contributed by atoms with van der Waals surface area (Å²) in [6.45, 7) is 5.35. The second-order valence-corrected chi connectivity index (χ2v) is 8.46. The molecule has 0 aliphatic carbocycles. The van der Waals surface area contributed by atoms with E-state index in [1.54, 1.807) is 18.2 Å². The molecule has 0 saturated carbocycles. The Hall–Kier alpha value is -3.17. The Morgan fingerprint density at radius 3 is 2.52 bits per heavy atom. The van der Waals surface area contributed by atoms with Gasteiger partial charge in [-0.3, -0.25) is 19.7 Å². The average Bonchev–Trinajstić information content (AvgIpc) is 2.74. The molecule has 2 amide bonds. The lowest BCUT2D eigenvalue weighted by Gasteiger charge is -2.22. The molecule has 0 spiro atoms. The Morgan fingerprint density at radius 1 is 1.15 bits per heavy atom. The Labute approximate surface area is 201 Å². The largest absolute Gasteiger partial charge is 0.479 e. The van der Waals surface area contributed by atoms with E-state index < -0.39 is 28.9 Å². The number of halogens is 2. The van der Waals surface area contributed by atoms with Crippen LogP contribution in [0.25, 0.3) is 0 Å². The lowest BCUT2D eigenvalue weighted by atomic mass is 10.0. The van der Waals surface area contributed by atoms with Crippen LogP contribution in [0.2, 0.25) is 10.0 Å². The van der Waals surface area contributed by atoms with Crippen LogP contribution < -0.4 is 15.5 Å². The standard InChI is InChI=1S/C22H24Cl2N4O5/c1-13(2)9-19(22(30)27-25-12-15-5-4-6-17(10-15)28(31)32)26-21(29)14(3)33-20-8-7-16(23)11-18(20)24/h4-8,10-14,19H,9H2,1-3H3,(H,26,29)(H,27,30)/b25-12-/t14-,19-/m0/s1. The molecule has 2 aromatic carbocycles. The van der Waals surface area contributed by atoms with Crippen molar-refractivity contribution in [3.05, 3.63) is 68.2 Å². The van der Waals surface area contributed by atoms with E-state index in [0.29, 0.717) is 17.0 Å². The molecule has 0 bridgehead atoms. The predicted octanol–water partition coefficient (Wildman–Crippen LogP) is 4.35. The molecule has 2 rings (SSSR count). The van der Waals surface area contributed by atoms with Crippen molar-refractivity contribution in [2.45, 2.75) is 39.3 Å². The van der Waals surface area contributed by atoms with Crippen molar-refractivity contribution in [3.8, 4) is 5.75 Å². The van der Waals surface area contributed by atoms with E-state index in [4.69, 9.17) is 27.9 Å². The van der Waals surface area contributed by atoms with Gasteiger partial charge in [-0.05, 0) is 37.5 Å². The van der Waals surface area contributed by atoms with Gasteiger partial charge in [0.1, 0.15) is 11.8 Å². The summed E-state index contributed by atoms with van der Waals surface area (Å²) in [5.41, 5.74) is 2.71. The number of benzene rings is 2. The van der Waals surface area contributed by atoms with E-state index >= 15 is 0 Å². The molecule has 2 N–H and O–H groups in total.